The number of piperidine rings is 1. The van der Waals surface area contributed by atoms with Crippen LogP contribution in [0.1, 0.15) is 18.4 Å². The maximum Gasteiger partial charge on any atom is 0.228 e. The van der Waals surface area contributed by atoms with Crippen molar-refractivity contribution < 1.29 is 9.59 Å². The summed E-state index contributed by atoms with van der Waals surface area (Å²) in [7, 11) is 0. The van der Waals surface area contributed by atoms with Gasteiger partial charge in [0.15, 0.2) is 0 Å². The first-order chi connectivity index (χ1) is 12.5. The molecule has 2 amide bonds. The van der Waals surface area contributed by atoms with Crippen LogP contribution in [0.2, 0.25) is 0 Å². The molecule has 0 spiro atoms. The molecule has 2 aromatic carbocycles. The van der Waals surface area contributed by atoms with Crippen LogP contribution in [-0.4, -0.2) is 24.9 Å². The van der Waals surface area contributed by atoms with Crippen molar-refractivity contribution in [3.63, 3.8) is 0 Å². The van der Waals surface area contributed by atoms with E-state index in [1.807, 2.05) is 36.4 Å². The average molecular weight is 352 g/mol. The maximum absolute atomic E-state index is 12.4. The van der Waals surface area contributed by atoms with E-state index < -0.39 is 0 Å². The smallest absolute Gasteiger partial charge is 0.228 e. The number of nitrogens with zero attached hydrogens (tertiary/aromatic N) is 1. The maximum atomic E-state index is 12.4. The summed E-state index contributed by atoms with van der Waals surface area (Å²) in [4.78, 5) is 26.0. The topological polar surface area (TPSA) is 101 Å². The van der Waals surface area contributed by atoms with Crippen molar-refractivity contribution in [2.45, 2.75) is 19.3 Å². The Bertz CT molecular complexity index is 781. The summed E-state index contributed by atoms with van der Waals surface area (Å²) < 4.78 is 0. The summed E-state index contributed by atoms with van der Waals surface area (Å²) in [5, 5.41) is 3.00. The first-order valence-corrected chi connectivity index (χ1v) is 8.80. The standard InChI is InChI=1S/C20H24N4O2/c21-16-7-5-14(6-8-16)13-19(25)23-17-3-1-2-4-18(17)24-11-9-15(10-12-24)20(22)26/h1-8,15H,9-13,21H2,(H2,22,26)(H,23,25). The molecular formula is C20H24N4O2. The molecule has 1 saturated heterocycles. The number of rotatable bonds is 5. The van der Waals surface area contributed by atoms with Crippen molar-refractivity contribution in [1.82, 2.24) is 0 Å². The van der Waals surface area contributed by atoms with E-state index in [0.29, 0.717) is 12.1 Å². The van der Waals surface area contributed by atoms with E-state index in [2.05, 4.69) is 10.2 Å². The second kappa shape index (κ2) is 7.91. The highest BCUT2D eigenvalue weighted by molar-refractivity contribution is 5.95. The number of nitrogen functional groups attached to an aromatic ring is 1. The fraction of sp³-hybridized carbons (Fsp3) is 0.300. The summed E-state index contributed by atoms with van der Waals surface area (Å²) in [5.74, 6) is -0.359. The van der Waals surface area contributed by atoms with Gasteiger partial charge in [-0.15, -0.1) is 0 Å². The third-order valence-corrected chi connectivity index (χ3v) is 4.76. The predicted octanol–water partition coefficient (Wildman–Crippen LogP) is 2.15. The lowest BCUT2D eigenvalue weighted by Gasteiger charge is -2.33. The molecule has 0 saturated carbocycles. The molecule has 3 rings (SSSR count). The van der Waals surface area contributed by atoms with Gasteiger partial charge in [0, 0.05) is 24.7 Å². The van der Waals surface area contributed by atoms with E-state index in [1.165, 1.54) is 0 Å². The highest BCUT2D eigenvalue weighted by Crippen LogP contribution is 2.29. The van der Waals surface area contributed by atoms with Gasteiger partial charge < -0.3 is 21.7 Å². The third-order valence-electron chi connectivity index (χ3n) is 4.76. The van der Waals surface area contributed by atoms with Crippen LogP contribution in [0.25, 0.3) is 0 Å². The molecule has 1 fully saturated rings. The van der Waals surface area contributed by atoms with Crippen LogP contribution in [0.4, 0.5) is 17.1 Å². The molecule has 1 aliphatic heterocycles. The van der Waals surface area contributed by atoms with Crippen LogP contribution in [-0.2, 0) is 16.0 Å². The van der Waals surface area contributed by atoms with Gasteiger partial charge in [-0.1, -0.05) is 24.3 Å². The van der Waals surface area contributed by atoms with Gasteiger partial charge in [0.05, 0.1) is 17.8 Å². The largest absolute Gasteiger partial charge is 0.399 e. The van der Waals surface area contributed by atoms with E-state index in [-0.39, 0.29) is 17.7 Å². The molecule has 0 aliphatic carbocycles. The van der Waals surface area contributed by atoms with Crippen molar-refractivity contribution in [3.8, 4) is 0 Å². The van der Waals surface area contributed by atoms with Crippen molar-refractivity contribution in [2.75, 3.05) is 29.0 Å². The zero-order chi connectivity index (χ0) is 18.5. The number of nitrogens with one attached hydrogen (secondary N) is 1. The SMILES string of the molecule is NC(=O)C1CCN(c2ccccc2NC(=O)Cc2ccc(N)cc2)CC1. The first kappa shape index (κ1) is 17.8. The zero-order valence-electron chi connectivity index (χ0n) is 14.7. The molecule has 5 N–H and O–H groups in total. The Labute approximate surface area is 153 Å². The molecule has 1 aliphatic rings. The number of carbonyl (C=O) groups excluding carboxylic acids is 2. The second-order valence-corrected chi connectivity index (χ2v) is 6.65. The average Bonchev–Trinajstić information content (AvgIpc) is 2.64. The molecule has 26 heavy (non-hydrogen) atoms. The van der Waals surface area contributed by atoms with Crippen LogP contribution < -0.4 is 21.7 Å². The molecule has 6 heteroatoms. The van der Waals surface area contributed by atoms with E-state index in [4.69, 9.17) is 11.5 Å². The molecule has 0 bridgehead atoms. The lowest BCUT2D eigenvalue weighted by molar-refractivity contribution is -0.122. The number of hydrogen-bond donors (Lipinski definition) is 3. The van der Waals surface area contributed by atoms with E-state index >= 15 is 0 Å². The van der Waals surface area contributed by atoms with Crippen molar-refractivity contribution in [1.29, 1.82) is 0 Å². The van der Waals surface area contributed by atoms with Crippen LogP contribution in [0.3, 0.4) is 0 Å². The summed E-state index contributed by atoms with van der Waals surface area (Å²) in [6, 6.07) is 15.0. The molecule has 136 valence electrons. The number of primary amides is 1. The highest BCUT2D eigenvalue weighted by Gasteiger charge is 2.24. The molecular weight excluding hydrogens is 328 g/mol. The molecule has 0 unspecified atom stereocenters. The Hall–Kier alpha value is -3.02. The third kappa shape index (κ3) is 4.33. The van der Waals surface area contributed by atoms with Crippen LogP contribution >= 0.6 is 0 Å². The summed E-state index contributed by atoms with van der Waals surface area (Å²) in [6.45, 7) is 1.50. The Morgan fingerprint density at radius 2 is 1.69 bits per heavy atom. The lowest BCUT2D eigenvalue weighted by Crippen LogP contribution is -2.38. The van der Waals surface area contributed by atoms with E-state index in [0.717, 1.165) is 42.9 Å². The van der Waals surface area contributed by atoms with Crippen LogP contribution in [0.5, 0.6) is 0 Å². The number of para-hydroxylation sites is 2. The number of carbonyl (C=O) groups is 2. The van der Waals surface area contributed by atoms with Crippen LogP contribution in [0, 0.1) is 5.92 Å². The second-order valence-electron chi connectivity index (χ2n) is 6.65. The summed E-state index contributed by atoms with van der Waals surface area (Å²) >= 11 is 0. The molecule has 0 radical (unpaired) electrons. The molecule has 2 aromatic rings. The Kier molecular flexibility index (Phi) is 5.41. The molecule has 0 atom stereocenters. The number of anilines is 3. The minimum atomic E-state index is -0.227. The van der Waals surface area contributed by atoms with Crippen molar-refractivity contribution in [3.05, 3.63) is 54.1 Å². The summed E-state index contributed by atoms with van der Waals surface area (Å²) in [5.41, 5.74) is 14.4. The lowest BCUT2D eigenvalue weighted by atomic mass is 9.96. The van der Waals surface area contributed by atoms with Gasteiger partial charge in [-0.3, -0.25) is 9.59 Å². The number of hydrogen-bond acceptors (Lipinski definition) is 4. The number of benzene rings is 2. The predicted molar refractivity (Wildman–Crippen MR) is 104 cm³/mol. The normalized spacial score (nSPS) is 14.8. The fourth-order valence-corrected chi connectivity index (χ4v) is 3.28. The van der Waals surface area contributed by atoms with Gasteiger partial charge in [-0.25, -0.2) is 0 Å². The van der Waals surface area contributed by atoms with Crippen molar-refractivity contribution in [2.24, 2.45) is 11.7 Å². The van der Waals surface area contributed by atoms with Gasteiger partial charge >= 0.3 is 0 Å². The van der Waals surface area contributed by atoms with E-state index in [1.54, 1.807) is 12.1 Å². The molecule has 0 aromatic heterocycles. The van der Waals surface area contributed by atoms with Crippen LogP contribution in [0.15, 0.2) is 48.5 Å². The minimum absolute atomic E-state index is 0.0569. The highest BCUT2D eigenvalue weighted by atomic mass is 16.2. The van der Waals surface area contributed by atoms with Gasteiger partial charge in [0.1, 0.15) is 0 Å². The first-order valence-electron chi connectivity index (χ1n) is 8.80. The zero-order valence-corrected chi connectivity index (χ0v) is 14.7. The number of nitrogens with two attached hydrogens (primary N) is 2. The monoisotopic (exact) mass is 352 g/mol. The number of amides is 2. The fourth-order valence-electron chi connectivity index (χ4n) is 3.28. The van der Waals surface area contributed by atoms with Gasteiger partial charge in [-0.2, -0.15) is 0 Å². The van der Waals surface area contributed by atoms with Gasteiger partial charge in [0.2, 0.25) is 11.8 Å². The quantitative estimate of drug-likeness (QED) is 0.718. The van der Waals surface area contributed by atoms with E-state index in [9.17, 15) is 9.59 Å². The Morgan fingerprint density at radius 1 is 1.04 bits per heavy atom. The summed E-state index contributed by atoms with van der Waals surface area (Å²) in [6.07, 6.45) is 1.77. The molecule has 6 nitrogen and oxygen atoms in total. The minimum Gasteiger partial charge on any atom is -0.399 e. The van der Waals surface area contributed by atoms with Gasteiger partial charge in [0.25, 0.3) is 0 Å². The van der Waals surface area contributed by atoms with Crippen molar-refractivity contribution >= 4 is 28.9 Å². The Morgan fingerprint density at radius 3 is 2.35 bits per heavy atom. The Balaban J connectivity index is 1.66. The van der Waals surface area contributed by atoms with Gasteiger partial charge in [-0.05, 0) is 42.7 Å². The molecule has 1 heterocycles.